The van der Waals surface area contributed by atoms with Gasteiger partial charge in [0.2, 0.25) is 10.0 Å². The van der Waals surface area contributed by atoms with Crippen LogP contribution in [-0.2, 0) is 10.0 Å². The van der Waals surface area contributed by atoms with Gasteiger partial charge in [-0.05, 0) is 68.0 Å². The summed E-state index contributed by atoms with van der Waals surface area (Å²) in [4.78, 5) is 9.78. The molecule has 6 nitrogen and oxygen atoms in total. The Bertz CT molecular complexity index is 975. The van der Waals surface area contributed by atoms with E-state index in [1.165, 1.54) is 12.8 Å². The number of piperazine rings is 1. The molecule has 0 bridgehead atoms. The largest absolute Gasteiger partial charge is 0.354 e. The van der Waals surface area contributed by atoms with E-state index < -0.39 is 10.0 Å². The molecule has 1 aromatic carbocycles. The molecule has 162 valence electrons. The topological polar surface area (TPSA) is 79.5 Å². The molecular weight excluding hydrogens is 396 g/mol. The lowest BCUT2D eigenvalue weighted by Gasteiger charge is -2.37. The number of anilines is 1. The van der Waals surface area contributed by atoms with Gasteiger partial charge in [0.05, 0.1) is 4.90 Å². The molecule has 0 spiro atoms. The summed E-state index contributed by atoms with van der Waals surface area (Å²) in [5.74, 6) is 1.39. The van der Waals surface area contributed by atoms with E-state index in [9.17, 15) is 8.42 Å². The SMILES string of the molecule is CC(C)N1CCN(c2ccc(-c3ccc(S(N)(=O)=O)cc3C3CCCC3)cn2)CC1. The minimum Gasteiger partial charge on any atom is -0.354 e. The molecular formula is C23H32N4O2S. The van der Waals surface area contributed by atoms with Crippen molar-refractivity contribution >= 4 is 15.8 Å². The van der Waals surface area contributed by atoms with Crippen molar-refractivity contribution in [2.75, 3.05) is 31.1 Å². The number of aromatic nitrogens is 1. The maximum Gasteiger partial charge on any atom is 0.238 e. The Labute approximate surface area is 180 Å². The van der Waals surface area contributed by atoms with Gasteiger partial charge in [-0.2, -0.15) is 0 Å². The molecule has 1 aliphatic carbocycles. The van der Waals surface area contributed by atoms with Gasteiger partial charge in [0.25, 0.3) is 0 Å². The molecule has 2 aliphatic rings. The first-order chi connectivity index (χ1) is 14.3. The Kier molecular flexibility index (Phi) is 6.14. The zero-order valence-electron chi connectivity index (χ0n) is 17.9. The molecule has 2 N–H and O–H groups in total. The van der Waals surface area contributed by atoms with Crippen molar-refractivity contribution in [3.63, 3.8) is 0 Å². The molecule has 1 aromatic heterocycles. The second kappa shape index (κ2) is 8.65. The Morgan fingerprint density at radius 1 is 1.03 bits per heavy atom. The second-order valence-electron chi connectivity index (χ2n) is 8.80. The van der Waals surface area contributed by atoms with Gasteiger partial charge in [0.1, 0.15) is 5.82 Å². The van der Waals surface area contributed by atoms with E-state index in [1.807, 2.05) is 12.3 Å². The fourth-order valence-corrected chi connectivity index (χ4v) is 5.30. The number of sulfonamides is 1. The van der Waals surface area contributed by atoms with Crippen molar-refractivity contribution < 1.29 is 8.42 Å². The molecule has 2 heterocycles. The van der Waals surface area contributed by atoms with Gasteiger partial charge in [0.15, 0.2) is 0 Å². The predicted molar refractivity (Wildman–Crippen MR) is 121 cm³/mol. The van der Waals surface area contributed by atoms with Crippen molar-refractivity contribution in [2.45, 2.75) is 56.4 Å². The number of benzene rings is 1. The second-order valence-corrected chi connectivity index (χ2v) is 10.4. The number of primary sulfonamides is 1. The van der Waals surface area contributed by atoms with E-state index >= 15 is 0 Å². The molecule has 7 heteroatoms. The van der Waals surface area contributed by atoms with Gasteiger partial charge >= 0.3 is 0 Å². The molecule has 0 radical (unpaired) electrons. The number of nitrogens with zero attached hydrogens (tertiary/aromatic N) is 3. The fourth-order valence-electron chi connectivity index (χ4n) is 4.76. The Balaban J connectivity index is 1.59. The average Bonchev–Trinajstić information content (AvgIpc) is 3.28. The van der Waals surface area contributed by atoms with Crippen molar-refractivity contribution in [1.29, 1.82) is 0 Å². The van der Waals surface area contributed by atoms with Gasteiger partial charge in [-0.25, -0.2) is 18.5 Å². The first kappa shape index (κ1) is 21.3. The van der Waals surface area contributed by atoms with E-state index in [0.29, 0.717) is 12.0 Å². The Hall–Kier alpha value is -1.96. The summed E-state index contributed by atoms with van der Waals surface area (Å²) >= 11 is 0. The number of pyridine rings is 1. The lowest BCUT2D eigenvalue weighted by Crippen LogP contribution is -2.49. The summed E-state index contributed by atoms with van der Waals surface area (Å²) in [5, 5.41) is 5.39. The standard InChI is InChI=1S/C23H32N4O2S/c1-17(2)26-11-13-27(14-12-26)23-10-7-19(16-25-23)21-9-8-20(30(24,28)29)15-22(21)18-5-3-4-6-18/h7-10,15-18H,3-6,11-14H2,1-2H3,(H2,24,28,29). The van der Waals surface area contributed by atoms with E-state index in [-0.39, 0.29) is 4.90 Å². The summed E-state index contributed by atoms with van der Waals surface area (Å²) in [6.45, 7) is 8.57. The third-order valence-corrected chi connectivity index (χ3v) is 7.48. The smallest absolute Gasteiger partial charge is 0.238 e. The zero-order valence-corrected chi connectivity index (χ0v) is 18.7. The highest BCUT2D eigenvalue weighted by Crippen LogP contribution is 2.40. The number of hydrogen-bond donors (Lipinski definition) is 1. The van der Waals surface area contributed by atoms with Crippen LogP contribution in [0, 0.1) is 0 Å². The lowest BCUT2D eigenvalue weighted by molar-refractivity contribution is 0.209. The first-order valence-corrected chi connectivity index (χ1v) is 12.5. The van der Waals surface area contributed by atoms with E-state index in [0.717, 1.165) is 61.5 Å². The minimum absolute atomic E-state index is 0.195. The number of rotatable bonds is 5. The van der Waals surface area contributed by atoms with Gasteiger partial charge in [-0.15, -0.1) is 0 Å². The Morgan fingerprint density at radius 3 is 2.30 bits per heavy atom. The monoisotopic (exact) mass is 428 g/mol. The van der Waals surface area contributed by atoms with Gasteiger partial charge in [0, 0.05) is 44.0 Å². The first-order valence-electron chi connectivity index (χ1n) is 10.9. The van der Waals surface area contributed by atoms with Crippen LogP contribution in [0.25, 0.3) is 11.1 Å². The van der Waals surface area contributed by atoms with Crippen LogP contribution in [0.5, 0.6) is 0 Å². The maximum absolute atomic E-state index is 11.9. The van der Waals surface area contributed by atoms with Crippen molar-refractivity contribution in [3.8, 4) is 11.1 Å². The molecule has 2 aromatic rings. The normalized spacial score (nSPS) is 19.0. The van der Waals surface area contributed by atoms with Gasteiger partial charge in [-0.3, -0.25) is 4.90 Å². The zero-order chi connectivity index (χ0) is 21.3. The van der Waals surface area contributed by atoms with Crippen LogP contribution in [0.15, 0.2) is 41.4 Å². The molecule has 1 saturated heterocycles. The third kappa shape index (κ3) is 4.53. The molecule has 1 saturated carbocycles. The average molecular weight is 429 g/mol. The molecule has 2 fully saturated rings. The van der Waals surface area contributed by atoms with Crippen molar-refractivity contribution in [1.82, 2.24) is 9.88 Å². The van der Waals surface area contributed by atoms with Crippen LogP contribution in [0.2, 0.25) is 0 Å². The molecule has 30 heavy (non-hydrogen) atoms. The van der Waals surface area contributed by atoms with Crippen molar-refractivity contribution in [3.05, 3.63) is 42.1 Å². The maximum atomic E-state index is 11.9. The molecule has 4 rings (SSSR count). The van der Waals surface area contributed by atoms with Crippen LogP contribution in [0.1, 0.15) is 51.0 Å². The van der Waals surface area contributed by atoms with Gasteiger partial charge < -0.3 is 4.90 Å². The molecule has 0 amide bonds. The van der Waals surface area contributed by atoms with E-state index in [4.69, 9.17) is 10.1 Å². The quantitative estimate of drug-likeness (QED) is 0.787. The highest BCUT2D eigenvalue weighted by Gasteiger charge is 2.23. The highest BCUT2D eigenvalue weighted by atomic mass is 32.2. The molecule has 1 aliphatic heterocycles. The van der Waals surface area contributed by atoms with Crippen molar-refractivity contribution in [2.24, 2.45) is 5.14 Å². The molecule has 0 unspecified atom stereocenters. The van der Waals surface area contributed by atoms with Crippen LogP contribution in [-0.4, -0.2) is 50.5 Å². The van der Waals surface area contributed by atoms with Gasteiger partial charge in [-0.1, -0.05) is 18.9 Å². The van der Waals surface area contributed by atoms with Crippen LogP contribution in [0.3, 0.4) is 0 Å². The summed E-state index contributed by atoms with van der Waals surface area (Å²) in [7, 11) is -3.71. The fraction of sp³-hybridized carbons (Fsp3) is 0.522. The third-order valence-electron chi connectivity index (χ3n) is 6.57. The predicted octanol–water partition coefficient (Wildman–Crippen LogP) is 3.58. The number of nitrogens with two attached hydrogens (primary N) is 1. The number of hydrogen-bond acceptors (Lipinski definition) is 5. The van der Waals surface area contributed by atoms with E-state index in [1.54, 1.807) is 12.1 Å². The van der Waals surface area contributed by atoms with E-state index in [2.05, 4.69) is 35.8 Å². The summed E-state index contributed by atoms with van der Waals surface area (Å²) in [6.07, 6.45) is 6.47. The summed E-state index contributed by atoms with van der Waals surface area (Å²) < 4.78 is 23.8. The van der Waals surface area contributed by atoms with Crippen LogP contribution >= 0.6 is 0 Å². The van der Waals surface area contributed by atoms with Crippen LogP contribution in [0.4, 0.5) is 5.82 Å². The minimum atomic E-state index is -3.71. The summed E-state index contributed by atoms with van der Waals surface area (Å²) in [6, 6.07) is 10.1. The molecule has 0 atom stereocenters. The lowest BCUT2D eigenvalue weighted by atomic mass is 9.90. The highest BCUT2D eigenvalue weighted by molar-refractivity contribution is 7.89. The summed E-state index contributed by atoms with van der Waals surface area (Å²) in [5.41, 5.74) is 3.18. The van der Waals surface area contributed by atoms with Crippen LogP contribution < -0.4 is 10.0 Å². The Morgan fingerprint density at radius 2 is 1.73 bits per heavy atom.